The largest absolute Gasteiger partial charge is 0.497 e. The Morgan fingerprint density at radius 1 is 1.06 bits per heavy atom. The van der Waals surface area contributed by atoms with E-state index in [0.717, 1.165) is 42.6 Å². The van der Waals surface area contributed by atoms with Gasteiger partial charge in [0.2, 0.25) is 11.8 Å². The lowest BCUT2D eigenvalue weighted by molar-refractivity contribution is -0.141. The summed E-state index contributed by atoms with van der Waals surface area (Å²) in [5.41, 5.74) is 3.21. The van der Waals surface area contributed by atoms with E-state index in [1.165, 1.54) is 18.4 Å². The summed E-state index contributed by atoms with van der Waals surface area (Å²) >= 11 is 0. The van der Waals surface area contributed by atoms with Crippen LogP contribution in [-0.2, 0) is 16.1 Å². The van der Waals surface area contributed by atoms with Crippen molar-refractivity contribution in [1.29, 1.82) is 0 Å². The van der Waals surface area contributed by atoms with E-state index in [2.05, 4.69) is 11.4 Å². The first-order chi connectivity index (χ1) is 16.1. The van der Waals surface area contributed by atoms with Crippen molar-refractivity contribution >= 4 is 11.8 Å². The molecule has 1 N–H and O–H groups in total. The molecule has 0 fully saturated rings. The van der Waals surface area contributed by atoms with Gasteiger partial charge in [0.25, 0.3) is 0 Å². The Labute approximate surface area is 197 Å². The van der Waals surface area contributed by atoms with Crippen LogP contribution < -0.4 is 10.1 Å². The second kappa shape index (κ2) is 12.8. The molecule has 1 atom stereocenters. The fourth-order valence-corrected chi connectivity index (χ4v) is 4.29. The number of hydrogen-bond donors (Lipinski definition) is 1. The van der Waals surface area contributed by atoms with Crippen LogP contribution in [0.3, 0.4) is 0 Å². The van der Waals surface area contributed by atoms with Crippen LogP contribution in [0.25, 0.3) is 0 Å². The molecule has 2 aromatic carbocycles. The summed E-state index contributed by atoms with van der Waals surface area (Å²) in [4.78, 5) is 28.4. The van der Waals surface area contributed by atoms with Crippen molar-refractivity contribution in [3.63, 3.8) is 0 Å². The standard InChI is InChI=1S/C28H36N2O3/c1-3-10-26(31)30(21-23-15-17-25(33-2)18-16-23)27(24-13-8-5-9-14-24)28(32)29-20-19-22-11-6-4-7-12-22/h5,8-9,11,13-18,27H,3-4,6-7,10,12,19-21H2,1-2H3,(H,29,32)/t27-/m0/s1. The highest BCUT2D eigenvalue weighted by atomic mass is 16.5. The van der Waals surface area contributed by atoms with Gasteiger partial charge in [-0.1, -0.05) is 61.0 Å². The van der Waals surface area contributed by atoms with E-state index >= 15 is 0 Å². The maximum Gasteiger partial charge on any atom is 0.247 e. The summed E-state index contributed by atoms with van der Waals surface area (Å²) in [6.45, 7) is 2.94. The summed E-state index contributed by atoms with van der Waals surface area (Å²) in [6, 6.07) is 16.6. The molecule has 0 saturated carbocycles. The molecular formula is C28H36N2O3. The van der Waals surface area contributed by atoms with Gasteiger partial charge in [-0.25, -0.2) is 0 Å². The van der Waals surface area contributed by atoms with Crippen molar-refractivity contribution in [2.45, 2.75) is 64.5 Å². The number of carbonyl (C=O) groups is 2. The summed E-state index contributed by atoms with van der Waals surface area (Å²) < 4.78 is 5.26. The van der Waals surface area contributed by atoms with Crippen molar-refractivity contribution in [3.05, 3.63) is 77.4 Å². The zero-order chi connectivity index (χ0) is 23.5. The lowest BCUT2D eigenvalue weighted by Crippen LogP contribution is -2.43. The molecule has 0 bridgehead atoms. The van der Waals surface area contributed by atoms with Crippen molar-refractivity contribution < 1.29 is 14.3 Å². The van der Waals surface area contributed by atoms with E-state index in [1.807, 2.05) is 61.5 Å². The van der Waals surface area contributed by atoms with Gasteiger partial charge in [-0.2, -0.15) is 0 Å². The Hall–Kier alpha value is -3.08. The molecule has 2 amide bonds. The first-order valence-electron chi connectivity index (χ1n) is 12.0. The number of benzene rings is 2. The fraction of sp³-hybridized carbons (Fsp3) is 0.429. The van der Waals surface area contributed by atoms with Gasteiger partial charge >= 0.3 is 0 Å². The number of rotatable bonds is 11. The highest BCUT2D eigenvalue weighted by molar-refractivity contribution is 5.88. The maximum absolute atomic E-state index is 13.5. The number of carbonyl (C=O) groups excluding carboxylic acids is 2. The molecule has 176 valence electrons. The number of ether oxygens (including phenoxy) is 1. The molecule has 5 heteroatoms. The average Bonchev–Trinajstić information content (AvgIpc) is 2.85. The third-order valence-electron chi connectivity index (χ3n) is 6.10. The minimum Gasteiger partial charge on any atom is -0.497 e. The molecule has 5 nitrogen and oxygen atoms in total. The molecule has 3 rings (SSSR count). The minimum absolute atomic E-state index is 0.0210. The van der Waals surface area contributed by atoms with Crippen LogP contribution in [0.2, 0.25) is 0 Å². The van der Waals surface area contributed by atoms with Gasteiger partial charge in [-0.3, -0.25) is 9.59 Å². The van der Waals surface area contributed by atoms with Gasteiger partial charge in [0, 0.05) is 19.5 Å². The predicted octanol–water partition coefficient (Wildman–Crippen LogP) is 5.57. The van der Waals surface area contributed by atoms with Crippen LogP contribution in [0.4, 0.5) is 0 Å². The molecule has 0 unspecified atom stereocenters. The average molecular weight is 449 g/mol. The third-order valence-corrected chi connectivity index (χ3v) is 6.10. The zero-order valence-electron chi connectivity index (χ0n) is 19.9. The smallest absolute Gasteiger partial charge is 0.247 e. The van der Waals surface area contributed by atoms with Crippen molar-refractivity contribution in [3.8, 4) is 5.75 Å². The number of allylic oxidation sites excluding steroid dienone is 1. The number of nitrogens with zero attached hydrogens (tertiary/aromatic N) is 1. The van der Waals surface area contributed by atoms with E-state index in [0.29, 0.717) is 19.5 Å². The van der Waals surface area contributed by atoms with E-state index in [1.54, 1.807) is 12.0 Å². The highest BCUT2D eigenvalue weighted by Crippen LogP contribution is 2.26. The topological polar surface area (TPSA) is 58.6 Å². The third kappa shape index (κ3) is 7.21. The molecule has 0 spiro atoms. The summed E-state index contributed by atoms with van der Waals surface area (Å²) in [7, 11) is 1.63. The summed E-state index contributed by atoms with van der Waals surface area (Å²) in [6.07, 6.45) is 9.06. The van der Waals surface area contributed by atoms with E-state index in [4.69, 9.17) is 4.74 Å². The van der Waals surface area contributed by atoms with Gasteiger partial charge in [0.1, 0.15) is 11.8 Å². The molecule has 0 saturated heterocycles. The van der Waals surface area contributed by atoms with Crippen LogP contribution in [0.15, 0.2) is 66.2 Å². The van der Waals surface area contributed by atoms with Crippen LogP contribution >= 0.6 is 0 Å². The first-order valence-corrected chi connectivity index (χ1v) is 12.0. The van der Waals surface area contributed by atoms with E-state index in [9.17, 15) is 9.59 Å². The molecule has 1 aliphatic rings. The number of amides is 2. The summed E-state index contributed by atoms with van der Waals surface area (Å²) in [5.74, 6) is 0.613. The number of methoxy groups -OCH3 is 1. The summed E-state index contributed by atoms with van der Waals surface area (Å²) in [5, 5.41) is 3.12. The lowest BCUT2D eigenvalue weighted by Gasteiger charge is -2.32. The van der Waals surface area contributed by atoms with Crippen molar-refractivity contribution in [1.82, 2.24) is 10.2 Å². The minimum atomic E-state index is -0.673. The molecule has 0 radical (unpaired) electrons. The number of hydrogen-bond acceptors (Lipinski definition) is 3. The van der Waals surface area contributed by atoms with Crippen LogP contribution in [0.5, 0.6) is 5.75 Å². The van der Waals surface area contributed by atoms with Gasteiger partial charge in [0.15, 0.2) is 0 Å². The quantitative estimate of drug-likeness (QED) is 0.457. The van der Waals surface area contributed by atoms with Gasteiger partial charge in [0.05, 0.1) is 7.11 Å². The SMILES string of the molecule is CCCC(=O)N(Cc1ccc(OC)cc1)[C@H](C(=O)NCCC1=CCCCC1)c1ccccc1. The molecule has 2 aromatic rings. The predicted molar refractivity (Wildman–Crippen MR) is 132 cm³/mol. The maximum atomic E-state index is 13.5. The van der Waals surface area contributed by atoms with Gasteiger partial charge in [-0.15, -0.1) is 0 Å². The van der Waals surface area contributed by atoms with Crippen molar-refractivity contribution in [2.24, 2.45) is 0 Å². The van der Waals surface area contributed by atoms with Gasteiger partial charge < -0.3 is 15.0 Å². The Morgan fingerprint density at radius 3 is 2.45 bits per heavy atom. The van der Waals surface area contributed by atoms with E-state index in [-0.39, 0.29) is 11.8 Å². The van der Waals surface area contributed by atoms with Crippen molar-refractivity contribution in [2.75, 3.05) is 13.7 Å². The normalized spacial score (nSPS) is 14.2. The van der Waals surface area contributed by atoms with Crippen LogP contribution in [0, 0.1) is 0 Å². The highest BCUT2D eigenvalue weighted by Gasteiger charge is 2.31. The molecule has 0 heterocycles. The lowest BCUT2D eigenvalue weighted by atomic mass is 9.97. The Kier molecular flexibility index (Phi) is 9.55. The van der Waals surface area contributed by atoms with Crippen LogP contribution in [-0.4, -0.2) is 30.4 Å². The Bertz CT molecular complexity index is 922. The molecule has 0 aliphatic heterocycles. The number of nitrogens with one attached hydrogen (secondary N) is 1. The fourth-order valence-electron chi connectivity index (χ4n) is 4.29. The second-order valence-corrected chi connectivity index (χ2v) is 8.58. The second-order valence-electron chi connectivity index (χ2n) is 8.58. The first kappa shape index (κ1) is 24.6. The molecular weight excluding hydrogens is 412 g/mol. The van der Waals surface area contributed by atoms with E-state index < -0.39 is 6.04 Å². The zero-order valence-corrected chi connectivity index (χ0v) is 19.9. The molecule has 1 aliphatic carbocycles. The Morgan fingerprint density at radius 2 is 1.82 bits per heavy atom. The van der Waals surface area contributed by atoms with Crippen LogP contribution in [0.1, 0.15) is 69.0 Å². The molecule has 33 heavy (non-hydrogen) atoms. The monoisotopic (exact) mass is 448 g/mol. The molecule has 0 aromatic heterocycles. The van der Waals surface area contributed by atoms with Gasteiger partial charge in [-0.05, 0) is 61.8 Å². The Balaban J connectivity index is 1.82.